The van der Waals surface area contributed by atoms with Crippen LogP contribution in [0.2, 0.25) is 0 Å². The van der Waals surface area contributed by atoms with Crippen molar-refractivity contribution in [1.29, 1.82) is 5.41 Å². The molecular weight excluding hydrogens is 462 g/mol. The third kappa shape index (κ3) is 9.15. The molecule has 3 N–H and O–H groups in total. The number of carbonyl (C=O) groups excluding carboxylic acids is 1. The molecule has 0 spiro atoms. The van der Waals surface area contributed by atoms with Crippen molar-refractivity contribution in [3.8, 4) is 0 Å². The van der Waals surface area contributed by atoms with Crippen LogP contribution in [-0.2, 0) is 4.74 Å². The Labute approximate surface area is 224 Å². The summed E-state index contributed by atoms with van der Waals surface area (Å²) < 4.78 is 5.72. The molecule has 204 valence electrons. The highest BCUT2D eigenvalue weighted by atomic mass is 16.5. The van der Waals surface area contributed by atoms with Crippen molar-refractivity contribution >= 4 is 29.0 Å². The molecule has 7 heteroatoms. The van der Waals surface area contributed by atoms with E-state index in [-0.39, 0.29) is 30.0 Å². The summed E-state index contributed by atoms with van der Waals surface area (Å²) in [6.45, 7) is 15.3. The Morgan fingerprint density at radius 2 is 2.00 bits per heavy atom. The summed E-state index contributed by atoms with van der Waals surface area (Å²) in [6.07, 6.45) is 6.24. The lowest BCUT2D eigenvalue weighted by molar-refractivity contribution is 0.115. The van der Waals surface area contributed by atoms with Crippen LogP contribution in [0.15, 0.2) is 52.6 Å². The van der Waals surface area contributed by atoms with E-state index >= 15 is 0 Å². The zero-order chi connectivity index (χ0) is 27.8. The number of allylic oxidation sites excluding steroid dienone is 1. The number of methoxy groups -OCH3 is 1. The summed E-state index contributed by atoms with van der Waals surface area (Å²) in [4.78, 5) is 20.1. The average Bonchev–Trinajstić information content (AvgIpc) is 2.83. The lowest BCUT2D eigenvalue weighted by Crippen LogP contribution is -2.47. The van der Waals surface area contributed by atoms with Gasteiger partial charge in [-0.2, -0.15) is 0 Å². The molecule has 2 rings (SSSR count). The predicted octanol–water partition coefficient (Wildman–Crippen LogP) is 6.63. The van der Waals surface area contributed by atoms with Crippen molar-refractivity contribution in [3.63, 3.8) is 0 Å². The molecule has 1 aliphatic carbocycles. The van der Waals surface area contributed by atoms with Gasteiger partial charge >= 0.3 is 6.03 Å². The van der Waals surface area contributed by atoms with Crippen LogP contribution in [0.1, 0.15) is 67.7 Å². The molecule has 0 bridgehead atoms. The van der Waals surface area contributed by atoms with E-state index in [1.807, 2.05) is 52.1 Å². The maximum absolute atomic E-state index is 13.2. The van der Waals surface area contributed by atoms with Crippen molar-refractivity contribution < 1.29 is 9.53 Å². The van der Waals surface area contributed by atoms with E-state index in [0.29, 0.717) is 17.5 Å². The first-order valence-corrected chi connectivity index (χ1v) is 13.3. The molecule has 2 atom stereocenters. The zero-order valence-corrected chi connectivity index (χ0v) is 24.2. The fraction of sp³-hybridized carbons (Fsp3) is 0.567. The van der Waals surface area contributed by atoms with Crippen LogP contribution in [-0.4, -0.2) is 50.4 Å². The SMILES string of the molecule is CCN(C)c1cccc(N=C(CC(=N)C(C)(C)C)NC(=O)NC2CCC(OC)C(C=CC(C)C)=C2C)c1. The van der Waals surface area contributed by atoms with Gasteiger partial charge in [0.25, 0.3) is 0 Å². The van der Waals surface area contributed by atoms with Gasteiger partial charge in [0.05, 0.1) is 17.8 Å². The molecule has 1 aromatic rings. The maximum atomic E-state index is 13.2. The van der Waals surface area contributed by atoms with Crippen LogP contribution in [0.5, 0.6) is 0 Å². The predicted molar refractivity (Wildman–Crippen MR) is 156 cm³/mol. The lowest BCUT2D eigenvalue weighted by Gasteiger charge is -2.31. The molecule has 7 nitrogen and oxygen atoms in total. The third-order valence-electron chi connectivity index (χ3n) is 6.81. The lowest BCUT2D eigenvalue weighted by atomic mass is 9.85. The molecule has 0 fully saturated rings. The van der Waals surface area contributed by atoms with E-state index < -0.39 is 0 Å². The van der Waals surface area contributed by atoms with Crippen LogP contribution in [0, 0.1) is 16.7 Å². The molecule has 0 aromatic heterocycles. The number of carbonyl (C=O) groups is 1. The first kappa shape index (κ1) is 30.3. The molecule has 0 radical (unpaired) electrons. The van der Waals surface area contributed by atoms with Gasteiger partial charge in [0.1, 0.15) is 5.84 Å². The maximum Gasteiger partial charge on any atom is 0.320 e. The normalized spacial score (nSPS) is 18.9. The van der Waals surface area contributed by atoms with E-state index in [2.05, 4.69) is 55.4 Å². The minimum Gasteiger partial charge on any atom is -0.377 e. The van der Waals surface area contributed by atoms with Gasteiger partial charge < -0.3 is 20.4 Å². The fourth-order valence-electron chi connectivity index (χ4n) is 4.11. The molecule has 0 heterocycles. The molecule has 1 aromatic carbocycles. The fourth-order valence-corrected chi connectivity index (χ4v) is 4.11. The zero-order valence-electron chi connectivity index (χ0n) is 24.2. The quantitative estimate of drug-likeness (QED) is 0.258. The highest BCUT2D eigenvalue weighted by Crippen LogP contribution is 2.29. The number of benzene rings is 1. The number of amidine groups is 1. The van der Waals surface area contributed by atoms with E-state index in [4.69, 9.17) is 15.1 Å². The third-order valence-corrected chi connectivity index (χ3v) is 6.81. The Morgan fingerprint density at radius 3 is 2.59 bits per heavy atom. The molecule has 37 heavy (non-hydrogen) atoms. The topological polar surface area (TPSA) is 89.8 Å². The molecule has 2 amide bonds. The summed E-state index contributed by atoms with van der Waals surface area (Å²) in [5, 5.41) is 14.7. The largest absolute Gasteiger partial charge is 0.377 e. The van der Waals surface area contributed by atoms with Crippen LogP contribution >= 0.6 is 0 Å². The standard InChI is InChI=1S/C30H47N5O2/c1-10-35(8)23-13-11-12-22(18-23)32-28(19-27(31)30(5,6)7)34-29(36)33-25-16-17-26(37-9)24(21(25)4)15-14-20(2)3/h11-15,18,20,25-26,31H,10,16-17,19H2,1-9H3,(H2,32,33,34,36). The van der Waals surface area contributed by atoms with Gasteiger partial charge in [-0.3, -0.25) is 5.32 Å². The number of amides is 2. The van der Waals surface area contributed by atoms with Gasteiger partial charge in [-0.15, -0.1) is 0 Å². The number of hydrogen-bond acceptors (Lipinski definition) is 5. The van der Waals surface area contributed by atoms with Crippen molar-refractivity contribution in [2.75, 3.05) is 25.6 Å². The number of urea groups is 1. The van der Waals surface area contributed by atoms with Crippen molar-refractivity contribution in [3.05, 3.63) is 47.6 Å². The van der Waals surface area contributed by atoms with Gasteiger partial charge in [0.15, 0.2) is 0 Å². The number of aliphatic imine (C=N–C) groups is 1. The molecule has 0 aliphatic heterocycles. The van der Waals surface area contributed by atoms with E-state index in [0.717, 1.165) is 41.9 Å². The van der Waals surface area contributed by atoms with Crippen molar-refractivity contribution in [1.82, 2.24) is 10.6 Å². The Balaban J connectivity index is 2.29. The van der Waals surface area contributed by atoms with Gasteiger partial charge in [0, 0.05) is 38.5 Å². The first-order valence-electron chi connectivity index (χ1n) is 13.3. The van der Waals surface area contributed by atoms with Crippen LogP contribution in [0.3, 0.4) is 0 Å². The molecule has 2 unspecified atom stereocenters. The summed E-state index contributed by atoms with van der Waals surface area (Å²) in [7, 11) is 3.77. The van der Waals surface area contributed by atoms with Crippen molar-refractivity contribution in [2.24, 2.45) is 16.3 Å². The average molecular weight is 510 g/mol. The van der Waals surface area contributed by atoms with Crippen LogP contribution < -0.4 is 15.5 Å². The minimum atomic E-state index is -0.321. The van der Waals surface area contributed by atoms with Gasteiger partial charge in [-0.1, -0.05) is 52.8 Å². The second-order valence-electron chi connectivity index (χ2n) is 11.2. The second kappa shape index (κ2) is 13.6. The van der Waals surface area contributed by atoms with Gasteiger partial charge in [-0.25, -0.2) is 9.79 Å². The Bertz CT molecular complexity index is 1030. The number of nitrogens with one attached hydrogen (secondary N) is 3. The first-order chi connectivity index (χ1) is 17.3. The van der Waals surface area contributed by atoms with E-state index in [9.17, 15) is 4.79 Å². The number of nitrogens with zero attached hydrogens (tertiary/aromatic N) is 2. The molecule has 0 saturated carbocycles. The molecular formula is C30H47N5O2. The number of hydrogen-bond donors (Lipinski definition) is 3. The van der Waals surface area contributed by atoms with Gasteiger partial charge in [0.2, 0.25) is 0 Å². The number of rotatable bonds is 9. The monoisotopic (exact) mass is 509 g/mol. The van der Waals surface area contributed by atoms with Crippen LogP contribution in [0.25, 0.3) is 0 Å². The van der Waals surface area contributed by atoms with Gasteiger partial charge in [-0.05, 0) is 67.4 Å². The second-order valence-corrected chi connectivity index (χ2v) is 11.2. The van der Waals surface area contributed by atoms with Crippen LogP contribution in [0.4, 0.5) is 16.2 Å². The Morgan fingerprint density at radius 1 is 1.30 bits per heavy atom. The molecule has 0 saturated heterocycles. The number of anilines is 1. The summed E-state index contributed by atoms with van der Waals surface area (Å²) >= 11 is 0. The smallest absolute Gasteiger partial charge is 0.320 e. The summed E-state index contributed by atoms with van der Waals surface area (Å²) in [6, 6.07) is 7.51. The highest BCUT2D eigenvalue weighted by molar-refractivity contribution is 6.09. The Hall–Kier alpha value is -2.93. The van der Waals surface area contributed by atoms with E-state index in [1.54, 1.807) is 7.11 Å². The minimum absolute atomic E-state index is 0.0361. The highest BCUT2D eigenvalue weighted by Gasteiger charge is 2.28. The summed E-state index contributed by atoms with van der Waals surface area (Å²) in [5.74, 6) is 0.892. The summed E-state index contributed by atoms with van der Waals surface area (Å²) in [5.41, 5.74) is 4.22. The molecule has 1 aliphatic rings. The number of ether oxygens (including phenoxy) is 1. The van der Waals surface area contributed by atoms with Crippen molar-refractivity contribution in [2.45, 2.75) is 79.9 Å². The van der Waals surface area contributed by atoms with E-state index in [1.165, 1.54) is 0 Å². The Kier molecular flexibility index (Phi) is 11.1.